The Morgan fingerprint density at radius 1 is 0.935 bits per heavy atom. The lowest BCUT2D eigenvalue weighted by Gasteiger charge is -2.12. The summed E-state index contributed by atoms with van der Waals surface area (Å²) in [5, 5.41) is 5.47. The monoisotopic (exact) mass is 436 g/mol. The summed E-state index contributed by atoms with van der Waals surface area (Å²) in [5.41, 5.74) is 1.49. The van der Waals surface area contributed by atoms with Gasteiger partial charge in [-0.3, -0.25) is 19.7 Å². The van der Waals surface area contributed by atoms with Crippen LogP contribution in [0.3, 0.4) is 0 Å². The van der Waals surface area contributed by atoms with Crippen molar-refractivity contribution in [3.63, 3.8) is 0 Å². The van der Waals surface area contributed by atoms with Gasteiger partial charge in [-0.2, -0.15) is 0 Å². The van der Waals surface area contributed by atoms with Gasteiger partial charge < -0.3 is 14.8 Å². The molecule has 0 spiro atoms. The first kappa shape index (κ1) is 20.4. The van der Waals surface area contributed by atoms with Crippen molar-refractivity contribution < 1.29 is 23.9 Å². The smallest absolute Gasteiger partial charge is 0.259 e. The van der Waals surface area contributed by atoms with E-state index in [0.29, 0.717) is 45.7 Å². The highest BCUT2D eigenvalue weighted by Gasteiger charge is 2.27. The fourth-order valence-electron chi connectivity index (χ4n) is 3.11. The Morgan fingerprint density at radius 3 is 2.39 bits per heavy atom. The number of nitrogens with one attached hydrogen (secondary N) is 2. The molecule has 4 rings (SSSR count). The van der Waals surface area contributed by atoms with E-state index in [1.54, 1.807) is 54.6 Å². The van der Waals surface area contributed by atoms with Crippen LogP contribution in [0, 0.1) is 0 Å². The van der Waals surface area contributed by atoms with Crippen LogP contribution < -0.4 is 20.1 Å². The minimum Gasteiger partial charge on any atom is -0.493 e. The molecular weight excluding hydrogens is 420 g/mol. The van der Waals surface area contributed by atoms with E-state index in [-0.39, 0.29) is 11.5 Å². The number of carbonyl (C=O) groups excluding carboxylic acids is 3. The summed E-state index contributed by atoms with van der Waals surface area (Å²) in [5.74, 6) is 0.147. The van der Waals surface area contributed by atoms with Crippen molar-refractivity contribution in [2.75, 3.05) is 11.9 Å². The molecule has 1 aliphatic heterocycles. The van der Waals surface area contributed by atoms with E-state index in [2.05, 4.69) is 10.6 Å². The number of hydrogen-bond donors (Lipinski definition) is 2. The van der Waals surface area contributed by atoms with E-state index in [1.807, 2.05) is 6.92 Å². The average molecular weight is 437 g/mol. The highest BCUT2D eigenvalue weighted by atomic mass is 35.5. The van der Waals surface area contributed by atoms with Crippen LogP contribution in [-0.2, 0) is 0 Å². The molecule has 31 heavy (non-hydrogen) atoms. The molecule has 1 heterocycles. The van der Waals surface area contributed by atoms with Gasteiger partial charge in [0.2, 0.25) is 0 Å². The minimum absolute atomic E-state index is 0.276. The van der Waals surface area contributed by atoms with Crippen LogP contribution in [0.1, 0.15) is 38.0 Å². The van der Waals surface area contributed by atoms with Crippen molar-refractivity contribution in [2.24, 2.45) is 0 Å². The zero-order valence-corrected chi connectivity index (χ0v) is 17.2. The second-order valence-electron chi connectivity index (χ2n) is 6.64. The summed E-state index contributed by atoms with van der Waals surface area (Å²) in [6.07, 6.45) is 0. The molecule has 156 valence electrons. The van der Waals surface area contributed by atoms with Crippen LogP contribution in [0.5, 0.6) is 17.2 Å². The molecule has 0 radical (unpaired) electrons. The van der Waals surface area contributed by atoms with Gasteiger partial charge in [-0.05, 0) is 67.6 Å². The molecule has 3 aromatic carbocycles. The largest absolute Gasteiger partial charge is 0.493 e. The van der Waals surface area contributed by atoms with Crippen molar-refractivity contribution in [3.05, 3.63) is 82.4 Å². The molecule has 8 heteroatoms. The quantitative estimate of drug-likeness (QED) is 0.548. The molecule has 1 aliphatic rings. The maximum Gasteiger partial charge on any atom is 0.259 e. The first-order valence-electron chi connectivity index (χ1n) is 9.46. The fourth-order valence-corrected chi connectivity index (χ4v) is 3.28. The summed E-state index contributed by atoms with van der Waals surface area (Å²) in [6.45, 7) is 2.26. The van der Waals surface area contributed by atoms with Crippen molar-refractivity contribution in [1.29, 1.82) is 0 Å². The van der Waals surface area contributed by atoms with Crippen LogP contribution in [0.2, 0.25) is 5.02 Å². The molecule has 0 saturated carbocycles. The average Bonchev–Trinajstić information content (AvgIpc) is 3.04. The number of ether oxygens (including phenoxy) is 2. The highest BCUT2D eigenvalue weighted by molar-refractivity contribution is 6.31. The number of fused-ring (bicyclic) bond motifs is 1. The predicted octanol–water partition coefficient (Wildman–Crippen LogP) is 4.67. The van der Waals surface area contributed by atoms with Gasteiger partial charge in [-0.25, -0.2) is 0 Å². The Balaban J connectivity index is 1.46. The lowest BCUT2D eigenvalue weighted by molar-refractivity contribution is 0.0878. The molecule has 3 amide bonds. The van der Waals surface area contributed by atoms with Crippen LogP contribution in [0.4, 0.5) is 5.69 Å². The van der Waals surface area contributed by atoms with Gasteiger partial charge in [-0.15, -0.1) is 0 Å². The number of carbonyl (C=O) groups is 3. The highest BCUT2D eigenvalue weighted by Crippen LogP contribution is 2.28. The van der Waals surface area contributed by atoms with Crippen molar-refractivity contribution in [2.45, 2.75) is 6.92 Å². The van der Waals surface area contributed by atoms with Crippen LogP contribution in [0.15, 0.2) is 60.7 Å². The fraction of sp³-hybridized carbons (Fsp3) is 0.0870. The van der Waals surface area contributed by atoms with Crippen molar-refractivity contribution in [1.82, 2.24) is 5.32 Å². The molecule has 7 nitrogen and oxygen atoms in total. The van der Waals surface area contributed by atoms with E-state index < -0.39 is 11.8 Å². The number of amides is 3. The molecule has 3 aromatic rings. The summed E-state index contributed by atoms with van der Waals surface area (Å²) in [4.78, 5) is 36.1. The van der Waals surface area contributed by atoms with Crippen molar-refractivity contribution in [3.8, 4) is 17.2 Å². The molecule has 0 aromatic heterocycles. The van der Waals surface area contributed by atoms with Crippen LogP contribution in [-0.4, -0.2) is 24.3 Å². The van der Waals surface area contributed by atoms with Gasteiger partial charge in [-0.1, -0.05) is 11.6 Å². The number of benzene rings is 3. The maximum absolute atomic E-state index is 12.7. The Bertz CT molecular complexity index is 1190. The molecule has 0 unspecified atom stereocenters. The zero-order chi connectivity index (χ0) is 22.0. The normalized spacial score (nSPS) is 12.2. The van der Waals surface area contributed by atoms with Gasteiger partial charge in [0.15, 0.2) is 0 Å². The lowest BCUT2D eigenvalue weighted by atomic mass is 10.1. The first-order chi connectivity index (χ1) is 14.9. The van der Waals surface area contributed by atoms with Crippen molar-refractivity contribution >= 4 is 35.0 Å². The Hall–Kier alpha value is -3.84. The molecule has 0 atom stereocenters. The summed E-state index contributed by atoms with van der Waals surface area (Å²) in [6, 6.07) is 16.2. The number of imide groups is 1. The van der Waals surface area contributed by atoms with E-state index in [0.717, 1.165) is 0 Å². The van der Waals surface area contributed by atoms with Gasteiger partial charge in [0.25, 0.3) is 17.7 Å². The lowest BCUT2D eigenvalue weighted by Crippen LogP contribution is -2.19. The SMILES string of the molecule is CCOc1ccc(Cl)cc1C(=O)Nc1ccc(Oc2ccc3c(c2)C(=O)NC3=O)cc1. The van der Waals surface area contributed by atoms with E-state index in [1.165, 1.54) is 6.07 Å². The summed E-state index contributed by atoms with van der Waals surface area (Å²) in [7, 11) is 0. The minimum atomic E-state index is -0.448. The molecule has 0 saturated heterocycles. The van der Waals surface area contributed by atoms with Gasteiger partial charge in [0, 0.05) is 10.7 Å². The van der Waals surface area contributed by atoms with E-state index >= 15 is 0 Å². The molecule has 0 fully saturated rings. The number of rotatable bonds is 6. The summed E-state index contributed by atoms with van der Waals surface area (Å²) < 4.78 is 11.3. The molecular formula is C23H17ClN2O5. The third-order valence-electron chi connectivity index (χ3n) is 4.54. The zero-order valence-electron chi connectivity index (χ0n) is 16.4. The first-order valence-corrected chi connectivity index (χ1v) is 9.83. The number of anilines is 1. The Labute approximate surface area is 182 Å². The number of halogens is 1. The third kappa shape index (κ3) is 4.36. The topological polar surface area (TPSA) is 93.7 Å². The summed E-state index contributed by atoms with van der Waals surface area (Å²) >= 11 is 6.02. The maximum atomic E-state index is 12.7. The Morgan fingerprint density at radius 2 is 1.65 bits per heavy atom. The van der Waals surface area contributed by atoms with Gasteiger partial charge in [0.05, 0.1) is 23.3 Å². The third-order valence-corrected chi connectivity index (χ3v) is 4.78. The predicted molar refractivity (Wildman–Crippen MR) is 115 cm³/mol. The van der Waals surface area contributed by atoms with Crippen LogP contribution in [0.25, 0.3) is 0 Å². The molecule has 2 N–H and O–H groups in total. The standard InChI is InChI=1S/C23H17ClN2O5/c1-2-30-20-10-3-13(24)11-19(20)23(29)25-14-4-6-15(7-5-14)31-16-8-9-17-18(12-16)22(28)26-21(17)27/h3-12H,2H2,1H3,(H,25,29)(H,26,27,28). The second kappa shape index (κ2) is 8.49. The number of hydrogen-bond acceptors (Lipinski definition) is 5. The van der Waals surface area contributed by atoms with E-state index in [9.17, 15) is 14.4 Å². The Kier molecular flexibility index (Phi) is 5.60. The van der Waals surface area contributed by atoms with E-state index in [4.69, 9.17) is 21.1 Å². The van der Waals surface area contributed by atoms with Gasteiger partial charge >= 0.3 is 0 Å². The molecule has 0 aliphatic carbocycles. The second-order valence-corrected chi connectivity index (χ2v) is 7.08. The van der Waals surface area contributed by atoms with Gasteiger partial charge in [0.1, 0.15) is 17.2 Å². The molecule has 0 bridgehead atoms. The van der Waals surface area contributed by atoms with Crippen LogP contribution >= 0.6 is 11.6 Å².